The predicted molar refractivity (Wildman–Crippen MR) is 109 cm³/mol. The number of hydrogen-bond acceptors (Lipinski definition) is 5. The number of hydrogen-bond donors (Lipinski definition) is 0. The molecule has 1 fully saturated rings. The number of esters is 1. The summed E-state index contributed by atoms with van der Waals surface area (Å²) >= 11 is 6.48. The number of carbonyl (C=O) groups excluding carboxylic acids is 1. The first-order chi connectivity index (χ1) is 14.3. The summed E-state index contributed by atoms with van der Waals surface area (Å²) in [6, 6.07) is 5.18. The molecular weight excluding hydrogens is 418 g/mol. The summed E-state index contributed by atoms with van der Waals surface area (Å²) < 4.78 is 44.8. The second-order valence-electron chi connectivity index (χ2n) is 7.08. The van der Waals surface area contributed by atoms with Gasteiger partial charge in [0.1, 0.15) is 16.5 Å². The maximum absolute atomic E-state index is 13.4. The molecule has 30 heavy (non-hydrogen) atoms. The molecule has 6 nitrogen and oxygen atoms in total. The number of alkyl halides is 2. The molecule has 1 aromatic carbocycles. The van der Waals surface area contributed by atoms with Crippen molar-refractivity contribution in [1.29, 1.82) is 0 Å². The molecule has 3 rings (SSSR count). The van der Waals surface area contributed by atoms with E-state index < -0.39 is 11.9 Å². The third-order valence-corrected chi connectivity index (χ3v) is 5.42. The molecule has 1 aromatic heterocycles. The fourth-order valence-corrected chi connectivity index (χ4v) is 3.83. The molecule has 0 amide bonds. The molecule has 164 valence electrons. The summed E-state index contributed by atoms with van der Waals surface area (Å²) in [6.07, 6.45) is -0.00718. The molecule has 1 heterocycles. The Morgan fingerprint density at radius 2 is 2.00 bits per heavy atom. The number of aromatic nitrogens is 2. The van der Waals surface area contributed by atoms with Gasteiger partial charge in [-0.15, -0.1) is 0 Å². The Hall–Kier alpha value is -2.35. The minimum Gasteiger partial charge on any atom is -0.496 e. The molecule has 0 saturated heterocycles. The SMILES string of the molecule is CCOC(=O)c1nn(CC)c(-c2ccc(OC3CCC(F)(F)CC3)cc2OC)c1Cl. The van der Waals surface area contributed by atoms with Crippen LogP contribution in [0.1, 0.15) is 50.0 Å². The fraction of sp³-hybridized carbons (Fsp3) is 0.524. The Morgan fingerprint density at radius 3 is 2.60 bits per heavy atom. The van der Waals surface area contributed by atoms with Gasteiger partial charge in [0.2, 0.25) is 5.92 Å². The van der Waals surface area contributed by atoms with Gasteiger partial charge in [0.15, 0.2) is 5.69 Å². The highest BCUT2D eigenvalue weighted by Gasteiger charge is 2.35. The zero-order chi connectivity index (χ0) is 21.9. The topological polar surface area (TPSA) is 62.6 Å². The van der Waals surface area contributed by atoms with E-state index in [1.54, 1.807) is 29.8 Å². The smallest absolute Gasteiger partial charge is 0.360 e. The predicted octanol–water partition coefficient (Wildman–Crippen LogP) is 5.37. The van der Waals surface area contributed by atoms with Gasteiger partial charge in [-0.1, -0.05) is 11.6 Å². The van der Waals surface area contributed by atoms with Crippen LogP contribution in [0.25, 0.3) is 11.3 Å². The molecule has 0 unspecified atom stereocenters. The highest BCUT2D eigenvalue weighted by molar-refractivity contribution is 6.36. The van der Waals surface area contributed by atoms with Crippen LogP contribution in [0.5, 0.6) is 11.5 Å². The van der Waals surface area contributed by atoms with Crippen LogP contribution < -0.4 is 9.47 Å². The maximum atomic E-state index is 13.4. The molecule has 1 aliphatic carbocycles. The van der Waals surface area contributed by atoms with Crippen LogP contribution in [0, 0.1) is 0 Å². The van der Waals surface area contributed by atoms with Crippen molar-refractivity contribution in [3.05, 3.63) is 28.9 Å². The Morgan fingerprint density at radius 1 is 1.30 bits per heavy atom. The van der Waals surface area contributed by atoms with Gasteiger partial charge >= 0.3 is 5.97 Å². The van der Waals surface area contributed by atoms with Gasteiger partial charge in [-0.3, -0.25) is 4.68 Å². The van der Waals surface area contributed by atoms with E-state index in [-0.39, 0.29) is 36.3 Å². The third-order valence-electron chi connectivity index (χ3n) is 5.06. The summed E-state index contributed by atoms with van der Waals surface area (Å²) in [5.74, 6) is -2.20. The van der Waals surface area contributed by atoms with Crippen LogP contribution in [0.4, 0.5) is 8.78 Å². The third kappa shape index (κ3) is 4.69. The van der Waals surface area contributed by atoms with Crippen molar-refractivity contribution < 1.29 is 27.8 Å². The number of nitrogens with zero attached hydrogens (tertiary/aromatic N) is 2. The monoisotopic (exact) mass is 442 g/mol. The van der Waals surface area contributed by atoms with Gasteiger partial charge < -0.3 is 14.2 Å². The van der Waals surface area contributed by atoms with Gasteiger partial charge in [-0.25, -0.2) is 13.6 Å². The van der Waals surface area contributed by atoms with Crippen LogP contribution in [0.15, 0.2) is 18.2 Å². The minimum absolute atomic E-state index is 0.0425. The van der Waals surface area contributed by atoms with Crippen molar-refractivity contribution in [3.8, 4) is 22.8 Å². The minimum atomic E-state index is -2.60. The van der Waals surface area contributed by atoms with E-state index in [4.69, 9.17) is 25.8 Å². The number of ether oxygens (including phenoxy) is 3. The van der Waals surface area contributed by atoms with E-state index >= 15 is 0 Å². The Balaban J connectivity index is 1.89. The lowest BCUT2D eigenvalue weighted by atomic mass is 9.94. The highest BCUT2D eigenvalue weighted by Crippen LogP contribution is 2.40. The van der Waals surface area contributed by atoms with E-state index in [2.05, 4.69) is 5.10 Å². The number of benzene rings is 1. The van der Waals surface area contributed by atoms with Crippen molar-refractivity contribution >= 4 is 17.6 Å². The average Bonchev–Trinajstić information content (AvgIpc) is 3.06. The molecule has 0 spiro atoms. The van der Waals surface area contributed by atoms with Gasteiger partial charge in [0.25, 0.3) is 0 Å². The van der Waals surface area contributed by atoms with Gasteiger partial charge in [0.05, 0.1) is 25.5 Å². The summed E-state index contributed by atoms with van der Waals surface area (Å²) in [4.78, 5) is 12.2. The molecule has 0 atom stereocenters. The maximum Gasteiger partial charge on any atom is 0.360 e. The van der Waals surface area contributed by atoms with Crippen molar-refractivity contribution in [2.75, 3.05) is 13.7 Å². The van der Waals surface area contributed by atoms with Gasteiger partial charge in [-0.05, 0) is 38.8 Å². The Kier molecular flexibility index (Phi) is 6.85. The largest absolute Gasteiger partial charge is 0.496 e. The zero-order valence-corrected chi connectivity index (χ0v) is 18.0. The summed E-state index contributed by atoms with van der Waals surface area (Å²) in [7, 11) is 1.51. The number of carbonyl (C=O) groups is 1. The van der Waals surface area contributed by atoms with Crippen LogP contribution >= 0.6 is 11.6 Å². The van der Waals surface area contributed by atoms with Gasteiger partial charge in [-0.2, -0.15) is 5.10 Å². The number of halogens is 3. The van der Waals surface area contributed by atoms with Crippen LogP contribution in [0.3, 0.4) is 0 Å². The molecular formula is C21H25ClF2N2O4. The zero-order valence-electron chi connectivity index (χ0n) is 17.2. The first-order valence-corrected chi connectivity index (χ1v) is 10.3. The second-order valence-corrected chi connectivity index (χ2v) is 7.46. The number of rotatable bonds is 7. The molecule has 0 bridgehead atoms. The lowest BCUT2D eigenvalue weighted by Gasteiger charge is -2.28. The first-order valence-electron chi connectivity index (χ1n) is 9.96. The van der Waals surface area contributed by atoms with Crippen LogP contribution in [-0.4, -0.2) is 41.5 Å². The lowest BCUT2D eigenvalue weighted by Crippen LogP contribution is -2.30. The van der Waals surface area contributed by atoms with Gasteiger partial charge in [0, 0.05) is 31.0 Å². The van der Waals surface area contributed by atoms with E-state index in [0.29, 0.717) is 42.1 Å². The number of methoxy groups -OCH3 is 1. The van der Waals surface area contributed by atoms with Crippen molar-refractivity contribution in [3.63, 3.8) is 0 Å². The summed E-state index contributed by atoms with van der Waals surface area (Å²) in [5, 5.41) is 4.46. The number of aryl methyl sites for hydroxylation is 1. The second kappa shape index (κ2) is 9.20. The average molecular weight is 443 g/mol. The molecule has 1 saturated carbocycles. The summed E-state index contributed by atoms with van der Waals surface area (Å²) in [6.45, 7) is 4.28. The van der Waals surface area contributed by atoms with E-state index in [1.807, 2.05) is 6.92 Å². The van der Waals surface area contributed by atoms with Crippen molar-refractivity contribution in [2.24, 2.45) is 0 Å². The standard InChI is InChI=1S/C21H25ClF2N2O4/c1-4-26-19(17(22)18(25-26)20(27)29-5-2)15-7-6-14(12-16(15)28-3)30-13-8-10-21(23,24)11-9-13/h6-7,12-13H,4-5,8-11H2,1-3H3. The molecule has 1 aliphatic rings. The first kappa shape index (κ1) is 22.3. The van der Waals surface area contributed by atoms with Crippen LogP contribution in [0.2, 0.25) is 5.02 Å². The molecule has 0 radical (unpaired) electrons. The molecule has 2 aromatic rings. The lowest BCUT2D eigenvalue weighted by molar-refractivity contribution is -0.0582. The van der Waals surface area contributed by atoms with Crippen molar-refractivity contribution in [1.82, 2.24) is 9.78 Å². The molecule has 0 aliphatic heterocycles. The summed E-state index contributed by atoms with van der Waals surface area (Å²) in [5.41, 5.74) is 1.21. The van der Waals surface area contributed by atoms with E-state index in [1.165, 1.54) is 7.11 Å². The quantitative estimate of drug-likeness (QED) is 0.540. The van der Waals surface area contributed by atoms with Crippen LogP contribution in [-0.2, 0) is 11.3 Å². The molecule has 9 heteroatoms. The Labute approximate surface area is 179 Å². The molecule has 0 N–H and O–H groups in total. The highest BCUT2D eigenvalue weighted by atomic mass is 35.5. The normalized spacial score (nSPS) is 16.3. The van der Waals surface area contributed by atoms with E-state index in [9.17, 15) is 13.6 Å². The Bertz CT molecular complexity index is 907. The fourth-order valence-electron chi connectivity index (χ4n) is 3.52. The van der Waals surface area contributed by atoms with Crippen molar-refractivity contribution in [2.45, 2.75) is 58.1 Å². The van der Waals surface area contributed by atoms with E-state index in [0.717, 1.165) is 0 Å².